The molecule has 0 aliphatic heterocycles. The molecule has 2 amide bonds. The van der Waals surface area contributed by atoms with E-state index in [0.717, 1.165) is 19.6 Å². The third-order valence-electron chi connectivity index (χ3n) is 3.60. The quantitative estimate of drug-likeness (QED) is 0.646. The first kappa shape index (κ1) is 22.7. The number of likely N-dealkylation sites (N-methyl/N-ethyl adjacent to an activating group) is 2. The molecule has 0 aromatic heterocycles. The molecule has 0 spiro atoms. The van der Waals surface area contributed by atoms with Gasteiger partial charge in [-0.05, 0) is 39.8 Å². The molecule has 0 N–H and O–H groups in total. The molecule has 0 aromatic rings. The largest absolute Gasteiger partial charge is 0.444 e. The van der Waals surface area contributed by atoms with E-state index in [1.165, 1.54) is 4.90 Å². The Balaban J connectivity index is 4.71. The van der Waals surface area contributed by atoms with Crippen molar-refractivity contribution in [2.75, 3.05) is 46.3 Å². The van der Waals surface area contributed by atoms with Gasteiger partial charge in [-0.1, -0.05) is 27.7 Å². The van der Waals surface area contributed by atoms with E-state index in [1.807, 2.05) is 25.7 Å². The fourth-order valence-electron chi connectivity index (χ4n) is 2.27. The molecule has 0 fully saturated rings. The first-order chi connectivity index (χ1) is 11.0. The lowest BCUT2D eigenvalue weighted by atomic mass is 10.2. The summed E-state index contributed by atoms with van der Waals surface area (Å²) in [5.41, 5.74) is -0.561. The molecule has 0 bridgehead atoms. The van der Waals surface area contributed by atoms with Gasteiger partial charge in [0.15, 0.2) is 0 Å². The fourth-order valence-corrected chi connectivity index (χ4v) is 2.27. The summed E-state index contributed by atoms with van der Waals surface area (Å²) in [5, 5.41) is 0. The highest BCUT2D eigenvalue weighted by molar-refractivity contribution is 5.82. The summed E-state index contributed by atoms with van der Waals surface area (Å²) in [6, 6.07) is 0. The standard InChI is InChI=1S/C18H37N3O3/c1-9-20(10-2)11-12-21(13-15(3)4)16(22)14-19(8)17(23)24-18(5,6)7/h15H,9-14H2,1-8H3. The summed E-state index contributed by atoms with van der Waals surface area (Å²) < 4.78 is 5.30. The van der Waals surface area contributed by atoms with Crippen molar-refractivity contribution in [2.45, 2.75) is 54.1 Å². The van der Waals surface area contributed by atoms with E-state index in [4.69, 9.17) is 4.74 Å². The van der Waals surface area contributed by atoms with Gasteiger partial charge in [0.25, 0.3) is 0 Å². The molecule has 6 heteroatoms. The second-order valence-electron chi connectivity index (χ2n) is 7.60. The molecule has 0 heterocycles. The Bertz CT molecular complexity index is 387. The van der Waals surface area contributed by atoms with E-state index in [9.17, 15) is 9.59 Å². The molecule has 0 saturated carbocycles. The van der Waals surface area contributed by atoms with Crippen molar-refractivity contribution in [3.05, 3.63) is 0 Å². The van der Waals surface area contributed by atoms with E-state index in [-0.39, 0.29) is 12.5 Å². The van der Waals surface area contributed by atoms with Gasteiger partial charge in [0.2, 0.25) is 5.91 Å². The van der Waals surface area contributed by atoms with Gasteiger partial charge in [-0.15, -0.1) is 0 Å². The lowest BCUT2D eigenvalue weighted by molar-refractivity contribution is -0.132. The Hall–Kier alpha value is -1.30. The predicted molar refractivity (Wildman–Crippen MR) is 98.1 cm³/mol. The van der Waals surface area contributed by atoms with Crippen molar-refractivity contribution in [2.24, 2.45) is 5.92 Å². The molecular weight excluding hydrogens is 306 g/mol. The van der Waals surface area contributed by atoms with Gasteiger partial charge in [0.1, 0.15) is 12.1 Å². The summed E-state index contributed by atoms with van der Waals surface area (Å²) in [6.45, 7) is 18.1. The Morgan fingerprint density at radius 2 is 1.58 bits per heavy atom. The van der Waals surface area contributed by atoms with Crippen molar-refractivity contribution in [3.8, 4) is 0 Å². The van der Waals surface area contributed by atoms with Crippen LogP contribution in [0.25, 0.3) is 0 Å². The van der Waals surface area contributed by atoms with Crippen molar-refractivity contribution >= 4 is 12.0 Å². The van der Waals surface area contributed by atoms with Crippen molar-refractivity contribution in [1.29, 1.82) is 0 Å². The lowest BCUT2D eigenvalue weighted by Crippen LogP contribution is -2.46. The second kappa shape index (κ2) is 10.5. The number of nitrogens with zero attached hydrogens (tertiary/aromatic N) is 3. The van der Waals surface area contributed by atoms with Crippen LogP contribution in [0.15, 0.2) is 0 Å². The smallest absolute Gasteiger partial charge is 0.410 e. The minimum absolute atomic E-state index is 0.0378. The highest BCUT2D eigenvalue weighted by Gasteiger charge is 2.23. The van der Waals surface area contributed by atoms with E-state index in [0.29, 0.717) is 19.0 Å². The summed E-state index contributed by atoms with van der Waals surface area (Å²) in [6.07, 6.45) is -0.468. The summed E-state index contributed by atoms with van der Waals surface area (Å²) in [4.78, 5) is 30.1. The minimum Gasteiger partial charge on any atom is -0.444 e. The molecule has 0 rings (SSSR count). The first-order valence-electron chi connectivity index (χ1n) is 8.94. The van der Waals surface area contributed by atoms with Gasteiger partial charge in [-0.3, -0.25) is 4.79 Å². The van der Waals surface area contributed by atoms with Crippen LogP contribution in [0.5, 0.6) is 0 Å². The maximum atomic E-state index is 12.6. The SMILES string of the molecule is CCN(CC)CCN(CC(C)C)C(=O)CN(C)C(=O)OC(C)(C)C. The van der Waals surface area contributed by atoms with Gasteiger partial charge in [0.05, 0.1) is 0 Å². The third kappa shape index (κ3) is 9.75. The number of carbonyl (C=O) groups excluding carboxylic acids is 2. The lowest BCUT2D eigenvalue weighted by Gasteiger charge is -2.30. The molecule has 0 aromatic carbocycles. The van der Waals surface area contributed by atoms with Gasteiger partial charge >= 0.3 is 6.09 Å². The maximum absolute atomic E-state index is 12.6. The maximum Gasteiger partial charge on any atom is 0.410 e. The molecule has 0 saturated heterocycles. The Kier molecular flexibility index (Phi) is 9.97. The number of hydrogen-bond donors (Lipinski definition) is 0. The number of rotatable bonds is 9. The van der Waals surface area contributed by atoms with Crippen molar-refractivity contribution < 1.29 is 14.3 Å². The first-order valence-corrected chi connectivity index (χ1v) is 8.94. The van der Waals surface area contributed by atoms with Crippen LogP contribution in [0, 0.1) is 5.92 Å². The van der Waals surface area contributed by atoms with E-state index in [1.54, 1.807) is 7.05 Å². The minimum atomic E-state index is -0.561. The second-order valence-corrected chi connectivity index (χ2v) is 7.60. The van der Waals surface area contributed by atoms with Crippen LogP contribution in [-0.4, -0.2) is 78.6 Å². The Morgan fingerprint density at radius 3 is 2.00 bits per heavy atom. The van der Waals surface area contributed by atoms with Gasteiger partial charge < -0.3 is 19.4 Å². The third-order valence-corrected chi connectivity index (χ3v) is 3.60. The van der Waals surface area contributed by atoms with Crippen LogP contribution in [0.3, 0.4) is 0 Å². The van der Waals surface area contributed by atoms with E-state index in [2.05, 4.69) is 32.6 Å². The van der Waals surface area contributed by atoms with Gasteiger partial charge in [-0.25, -0.2) is 4.79 Å². The topological polar surface area (TPSA) is 53.1 Å². The molecule has 0 aliphatic carbocycles. The van der Waals surface area contributed by atoms with Crippen molar-refractivity contribution in [1.82, 2.24) is 14.7 Å². The molecule has 24 heavy (non-hydrogen) atoms. The molecule has 0 unspecified atom stereocenters. The fraction of sp³-hybridized carbons (Fsp3) is 0.889. The normalized spacial score (nSPS) is 11.8. The molecule has 0 aliphatic rings. The van der Waals surface area contributed by atoms with Crippen molar-refractivity contribution in [3.63, 3.8) is 0 Å². The zero-order chi connectivity index (χ0) is 18.9. The van der Waals surface area contributed by atoms with E-state index < -0.39 is 11.7 Å². The average molecular weight is 344 g/mol. The Labute approximate surface area is 148 Å². The van der Waals surface area contributed by atoms with Crippen LogP contribution >= 0.6 is 0 Å². The highest BCUT2D eigenvalue weighted by atomic mass is 16.6. The van der Waals surface area contributed by atoms with E-state index >= 15 is 0 Å². The molecule has 6 nitrogen and oxygen atoms in total. The average Bonchev–Trinajstić information content (AvgIpc) is 2.44. The molecular formula is C18H37N3O3. The Morgan fingerprint density at radius 1 is 1.04 bits per heavy atom. The predicted octanol–water partition coefficient (Wildman–Crippen LogP) is 2.68. The molecule has 0 radical (unpaired) electrons. The molecule has 0 atom stereocenters. The van der Waals surface area contributed by atoms with Crippen LogP contribution in [0.4, 0.5) is 4.79 Å². The van der Waals surface area contributed by atoms with Crippen LogP contribution in [-0.2, 0) is 9.53 Å². The van der Waals surface area contributed by atoms with Crippen LogP contribution in [0.1, 0.15) is 48.5 Å². The summed E-state index contributed by atoms with van der Waals surface area (Å²) in [5.74, 6) is 0.349. The number of carbonyl (C=O) groups is 2. The molecule has 142 valence electrons. The number of amides is 2. The monoisotopic (exact) mass is 343 g/mol. The van der Waals surface area contributed by atoms with Crippen LogP contribution < -0.4 is 0 Å². The van der Waals surface area contributed by atoms with Crippen LogP contribution in [0.2, 0.25) is 0 Å². The summed E-state index contributed by atoms with van der Waals surface area (Å²) in [7, 11) is 1.60. The van der Waals surface area contributed by atoms with Gasteiger partial charge in [0, 0.05) is 26.7 Å². The zero-order valence-corrected chi connectivity index (χ0v) is 16.9. The zero-order valence-electron chi connectivity index (χ0n) is 16.9. The number of hydrogen-bond acceptors (Lipinski definition) is 4. The van der Waals surface area contributed by atoms with Gasteiger partial charge in [-0.2, -0.15) is 0 Å². The summed E-state index contributed by atoms with van der Waals surface area (Å²) >= 11 is 0. The highest BCUT2D eigenvalue weighted by Crippen LogP contribution is 2.09. The number of ether oxygens (including phenoxy) is 1.